The van der Waals surface area contributed by atoms with Gasteiger partial charge in [0, 0.05) is 11.1 Å². The van der Waals surface area contributed by atoms with Crippen LogP contribution in [-0.2, 0) is 11.3 Å². The number of aryl methyl sites for hydroxylation is 2. The first-order chi connectivity index (χ1) is 10.9. The summed E-state index contributed by atoms with van der Waals surface area (Å²) in [4.78, 5) is 27.6. The highest BCUT2D eigenvalue weighted by Crippen LogP contribution is 2.18. The van der Waals surface area contributed by atoms with Crippen molar-refractivity contribution in [3.05, 3.63) is 51.5 Å². The van der Waals surface area contributed by atoms with Crippen LogP contribution in [-0.4, -0.2) is 16.9 Å². The predicted molar refractivity (Wildman–Crippen MR) is 90.0 cm³/mol. The molecule has 4 N–H and O–H groups in total. The van der Waals surface area contributed by atoms with Gasteiger partial charge in [0.2, 0.25) is 5.91 Å². The zero-order valence-electron chi connectivity index (χ0n) is 13.1. The Morgan fingerprint density at radius 3 is 2.74 bits per heavy atom. The van der Waals surface area contributed by atoms with E-state index in [2.05, 4.69) is 15.6 Å². The van der Waals surface area contributed by atoms with Gasteiger partial charge in [-0.05, 0) is 19.4 Å². The molecule has 1 atom stereocenters. The third-order valence-corrected chi connectivity index (χ3v) is 4.22. The number of amides is 3. The summed E-state index contributed by atoms with van der Waals surface area (Å²) in [5.74, 6) is -0.168. The second-order valence-corrected chi connectivity index (χ2v) is 6.28. The number of hydrogen-bond acceptors (Lipinski definition) is 4. The number of urea groups is 1. The van der Waals surface area contributed by atoms with Gasteiger partial charge in [-0.1, -0.05) is 29.8 Å². The fourth-order valence-corrected chi connectivity index (χ4v) is 2.94. The summed E-state index contributed by atoms with van der Waals surface area (Å²) in [5.41, 5.74) is 8.06. The summed E-state index contributed by atoms with van der Waals surface area (Å²) in [6, 6.07) is 6.53. The number of carbonyl (C=O) groups is 2. The topological polar surface area (TPSA) is 97.1 Å². The molecule has 0 spiro atoms. The van der Waals surface area contributed by atoms with Crippen LogP contribution in [0, 0.1) is 13.8 Å². The van der Waals surface area contributed by atoms with E-state index in [1.165, 1.54) is 11.3 Å². The summed E-state index contributed by atoms with van der Waals surface area (Å²) < 4.78 is 0. The first-order valence-electron chi connectivity index (χ1n) is 7.24. The van der Waals surface area contributed by atoms with Gasteiger partial charge < -0.3 is 16.4 Å². The van der Waals surface area contributed by atoms with Crippen molar-refractivity contribution in [2.75, 3.05) is 0 Å². The maximum absolute atomic E-state index is 12.1. The summed E-state index contributed by atoms with van der Waals surface area (Å²) in [5, 5.41) is 8.23. The highest BCUT2D eigenvalue weighted by atomic mass is 32.1. The van der Waals surface area contributed by atoms with E-state index in [-0.39, 0.29) is 12.3 Å². The third kappa shape index (κ3) is 5.37. The molecule has 1 aromatic carbocycles. The summed E-state index contributed by atoms with van der Waals surface area (Å²) in [6.07, 6.45) is 0.122. The van der Waals surface area contributed by atoms with E-state index in [1.54, 1.807) is 0 Å². The molecular formula is C16H20N4O2S. The molecule has 1 aromatic heterocycles. The van der Waals surface area contributed by atoms with Crippen LogP contribution >= 0.6 is 11.3 Å². The van der Waals surface area contributed by atoms with Crippen LogP contribution in [0.3, 0.4) is 0 Å². The average Bonchev–Trinajstić information content (AvgIpc) is 2.90. The van der Waals surface area contributed by atoms with Crippen molar-refractivity contribution in [3.63, 3.8) is 0 Å². The normalized spacial score (nSPS) is 11.7. The number of thiazole rings is 1. The van der Waals surface area contributed by atoms with Crippen LogP contribution in [0.2, 0.25) is 0 Å². The summed E-state index contributed by atoms with van der Waals surface area (Å²) >= 11 is 1.50. The monoisotopic (exact) mass is 332 g/mol. The lowest BCUT2D eigenvalue weighted by molar-refractivity contribution is -0.121. The van der Waals surface area contributed by atoms with Crippen molar-refractivity contribution in [2.24, 2.45) is 5.73 Å². The molecule has 0 saturated carbocycles. The Morgan fingerprint density at radius 2 is 2.13 bits per heavy atom. The molecule has 0 aliphatic carbocycles. The highest BCUT2D eigenvalue weighted by molar-refractivity contribution is 7.09. The number of primary amides is 1. The Morgan fingerprint density at radius 1 is 1.35 bits per heavy atom. The number of hydrogen-bond donors (Lipinski definition) is 3. The van der Waals surface area contributed by atoms with Crippen LogP contribution in [0.5, 0.6) is 0 Å². The van der Waals surface area contributed by atoms with Crippen molar-refractivity contribution in [1.29, 1.82) is 0 Å². The van der Waals surface area contributed by atoms with Gasteiger partial charge in [0.05, 0.1) is 19.0 Å². The van der Waals surface area contributed by atoms with Crippen molar-refractivity contribution < 1.29 is 9.59 Å². The molecular weight excluding hydrogens is 312 g/mol. The van der Waals surface area contributed by atoms with E-state index in [4.69, 9.17) is 5.73 Å². The minimum Gasteiger partial charge on any atom is -0.352 e. The number of rotatable bonds is 6. The van der Waals surface area contributed by atoms with Crippen molar-refractivity contribution >= 4 is 23.3 Å². The van der Waals surface area contributed by atoms with Crippen molar-refractivity contribution in [2.45, 2.75) is 32.9 Å². The summed E-state index contributed by atoms with van der Waals surface area (Å²) in [6.45, 7) is 4.25. The lowest BCUT2D eigenvalue weighted by Crippen LogP contribution is -2.36. The molecule has 0 radical (unpaired) electrons. The Balaban J connectivity index is 1.99. The smallest absolute Gasteiger partial charge is 0.312 e. The minimum atomic E-state index is -0.653. The molecule has 1 unspecified atom stereocenters. The molecule has 0 fully saturated rings. The van der Waals surface area contributed by atoms with Gasteiger partial charge >= 0.3 is 6.03 Å². The molecule has 3 amide bonds. The predicted octanol–water partition coefficient (Wildman–Crippen LogP) is 2.18. The second-order valence-electron chi connectivity index (χ2n) is 5.34. The van der Waals surface area contributed by atoms with Gasteiger partial charge in [-0.3, -0.25) is 4.79 Å². The maximum Gasteiger partial charge on any atom is 0.312 e. The number of aromatic nitrogens is 1. The number of nitrogens with one attached hydrogen (secondary N) is 2. The number of nitrogens with zero attached hydrogens (tertiary/aromatic N) is 1. The van der Waals surface area contributed by atoms with Crippen LogP contribution in [0.4, 0.5) is 4.79 Å². The fourth-order valence-electron chi connectivity index (χ4n) is 2.23. The van der Waals surface area contributed by atoms with E-state index in [9.17, 15) is 9.59 Å². The van der Waals surface area contributed by atoms with E-state index >= 15 is 0 Å². The molecule has 6 nitrogen and oxygen atoms in total. The maximum atomic E-state index is 12.1. The largest absolute Gasteiger partial charge is 0.352 e. The lowest BCUT2D eigenvalue weighted by atomic mass is 10.0. The zero-order chi connectivity index (χ0) is 16.8. The van der Waals surface area contributed by atoms with Gasteiger partial charge in [-0.25, -0.2) is 9.78 Å². The average molecular weight is 332 g/mol. The molecule has 0 bridgehead atoms. The van der Waals surface area contributed by atoms with Crippen LogP contribution in [0.25, 0.3) is 0 Å². The molecule has 2 rings (SSSR count). The number of carbonyl (C=O) groups excluding carboxylic acids is 2. The Bertz CT molecular complexity index is 699. The SMILES string of the molecule is Cc1cccc(C(CC(=O)NCc2nc(C)cs2)NC(N)=O)c1. The molecule has 1 heterocycles. The van der Waals surface area contributed by atoms with Gasteiger partial charge in [-0.2, -0.15) is 0 Å². The first kappa shape index (κ1) is 17.0. The first-order valence-corrected chi connectivity index (χ1v) is 8.12. The molecule has 0 aliphatic heterocycles. The zero-order valence-corrected chi connectivity index (χ0v) is 13.9. The third-order valence-electron chi connectivity index (χ3n) is 3.25. The van der Waals surface area contributed by atoms with E-state index < -0.39 is 12.1 Å². The quantitative estimate of drug-likeness (QED) is 0.756. The van der Waals surface area contributed by atoms with Crippen LogP contribution in [0.1, 0.15) is 34.3 Å². The molecule has 0 aliphatic rings. The lowest BCUT2D eigenvalue weighted by Gasteiger charge is -2.18. The van der Waals surface area contributed by atoms with Gasteiger partial charge in [-0.15, -0.1) is 11.3 Å². The summed E-state index contributed by atoms with van der Waals surface area (Å²) in [7, 11) is 0. The van der Waals surface area contributed by atoms with Gasteiger partial charge in [0.1, 0.15) is 5.01 Å². The van der Waals surface area contributed by atoms with Crippen LogP contribution < -0.4 is 16.4 Å². The molecule has 7 heteroatoms. The van der Waals surface area contributed by atoms with E-state index in [1.807, 2.05) is 43.5 Å². The molecule has 23 heavy (non-hydrogen) atoms. The number of nitrogens with two attached hydrogens (primary N) is 1. The van der Waals surface area contributed by atoms with E-state index in [0.29, 0.717) is 6.54 Å². The molecule has 2 aromatic rings. The fraction of sp³-hybridized carbons (Fsp3) is 0.312. The standard InChI is InChI=1S/C16H20N4O2S/c1-10-4-3-5-12(6-10)13(20-16(17)22)7-14(21)18-8-15-19-11(2)9-23-15/h3-6,9,13H,7-8H2,1-2H3,(H,18,21)(H3,17,20,22). The molecule has 0 saturated heterocycles. The Labute approximate surface area is 139 Å². The minimum absolute atomic E-state index is 0.122. The second kappa shape index (κ2) is 7.73. The van der Waals surface area contributed by atoms with Crippen molar-refractivity contribution in [1.82, 2.24) is 15.6 Å². The Hall–Kier alpha value is -2.41. The van der Waals surface area contributed by atoms with Crippen LogP contribution in [0.15, 0.2) is 29.6 Å². The van der Waals surface area contributed by atoms with Gasteiger partial charge in [0.15, 0.2) is 0 Å². The van der Waals surface area contributed by atoms with Gasteiger partial charge in [0.25, 0.3) is 0 Å². The van der Waals surface area contributed by atoms with E-state index in [0.717, 1.165) is 21.8 Å². The highest BCUT2D eigenvalue weighted by Gasteiger charge is 2.17. The number of benzene rings is 1. The molecule has 122 valence electrons. The Kier molecular flexibility index (Phi) is 5.70. The van der Waals surface area contributed by atoms with Crippen molar-refractivity contribution in [3.8, 4) is 0 Å².